The van der Waals surface area contributed by atoms with Crippen molar-refractivity contribution in [2.24, 2.45) is 0 Å². The van der Waals surface area contributed by atoms with Crippen LogP contribution in [0.2, 0.25) is 0 Å². The molecule has 94 valence electrons. The molecule has 0 spiro atoms. The van der Waals surface area contributed by atoms with Crippen LogP contribution >= 0.6 is 0 Å². The third kappa shape index (κ3) is 2.85. The van der Waals surface area contributed by atoms with Crippen molar-refractivity contribution < 1.29 is 4.79 Å². The molecule has 0 aliphatic heterocycles. The first-order valence-electron chi connectivity index (χ1n) is 5.56. The van der Waals surface area contributed by atoms with Crippen molar-refractivity contribution in [2.45, 2.75) is 6.54 Å². The van der Waals surface area contributed by atoms with Crippen LogP contribution in [0, 0.1) is 0 Å². The topological polar surface area (TPSA) is 73.9 Å². The summed E-state index contributed by atoms with van der Waals surface area (Å²) in [6.07, 6.45) is 3.26. The molecule has 6 nitrogen and oxygen atoms in total. The van der Waals surface area contributed by atoms with Gasteiger partial charge in [0.1, 0.15) is 5.82 Å². The maximum atomic E-state index is 11.7. The monoisotopic (exact) mass is 245 g/mol. The SMILES string of the molecule is CN(C)C(=O)c1ccc(NCc2ccn[nH]2)nc1. The fraction of sp³-hybridized carbons (Fsp3) is 0.250. The Balaban J connectivity index is 1.97. The van der Waals surface area contributed by atoms with Gasteiger partial charge in [0.05, 0.1) is 17.8 Å². The van der Waals surface area contributed by atoms with Crippen LogP contribution in [-0.2, 0) is 6.54 Å². The lowest BCUT2D eigenvalue weighted by Crippen LogP contribution is -2.21. The molecule has 0 aliphatic carbocycles. The van der Waals surface area contributed by atoms with Crippen molar-refractivity contribution in [2.75, 3.05) is 19.4 Å². The fourth-order valence-electron chi connectivity index (χ4n) is 1.45. The average Bonchev–Trinajstić information content (AvgIpc) is 2.89. The molecule has 0 fully saturated rings. The number of nitrogens with zero attached hydrogens (tertiary/aromatic N) is 3. The molecule has 0 aromatic carbocycles. The number of nitrogens with one attached hydrogen (secondary N) is 2. The number of pyridine rings is 1. The summed E-state index contributed by atoms with van der Waals surface area (Å²) in [6.45, 7) is 0.619. The standard InChI is InChI=1S/C12H15N5O/c1-17(2)12(18)9-3-4-11(13-7-9)14-8-10-5-6-15-16-10/h3-7H,8H2,1-2H3,(H,13,14)(H,15,16). The summed E-state index contributed by atoms with van der Waals surface area (Å²) in [5.41, 5.74) is 1.55. The normalized spacial score (nSPS) is 10.1. The maximum Gasteiger partial charge on any atom is 0.254 e. The summed E-state index contributed by atoms with van der Waals surface area (Å²) < 4.78 is 0. The van der Waals surface area contributed by atoms with E-state index in [4.69, 9.17) is 0 Å². The second-order valence-electron chi connectivity index (χ2n) is 4.07. The second-order valence-corrected chi connectivity index (χ2v) is 4.07. The zero-order valence-electron chi connectivity index (χ0n) is 10.3. The van der Waals surface area contributed by atoms with Crippen LogP contribution < -0.4 is 5.32 Å². The number of hydrogen-bond donors (Lipinski definition) is 2. The third-order valence-electron chi connectivity index (χ3n) is 2.43. The minimum absolute atomic E-state index is 0.0531. The Morgan fingerprint density at radius 2 is 2.22 bits per heavy atom. The zero-order valence-corrected chi connectivity index (χ0v) is 10.3. The molecule has 2 heterocycles. The lowest BCUT2D eigenvalue weighted by Gasteiger charge is -2.10. The molecule has 18 heavy (non-hydrogen) atoms. The third-order valence-corrected chi connectivity index (χ3v) is 2.43. The van der Waals surface area contributed by atoms with Crippen molar-refractivity contribution in [3.05, 3.63) is 41.9 Å². The molecule has 2 aromatic rings. The van der Waals surface area contributed by atoms with Crippen LogP contribution in [0.4, 0.5) is 5.82 Å². The highest BCUT2D eigenvalue weighted by atomic mass is 16.2. The van der Waals surface area contributed by atoms with Gasteiger partial charge in [0.15, 0.2) is 0 Å². The van der Waals surface area contributed by atoms with Crippen LogP contribution in [0.25, 0.3) is 0 Å². The van der Waals surface area contributed by atoms with E-state index in [1.54, 1.807) is 38.6 Å². The summed E-state index contributed by atoms with van der Waals surface area (Å²) in [6, 6.07) is 5.43. The molecule has 0 atom stereocenters. The molecule has 0 radical (unpaired) electrons. The van der Waals surface area contributed by atoms with Gasteiger partial charge in [-0.25, -0.2) is 4.98 Å². The number of carbonyl (C=O) groups excluding carboxylic acids is 1. The molecule has 2 aromatic heterocycles. The highest BCUT2D eigenvalue weighted by Crippen LogP contribution is 2.07. The van der Waals surface area contributed by atoms with Gasteiger partial charge in [-0.3, -0.25) is 9.89 Å². The highest BCUT2D eigenvalue weighted by Gasteiger charge is 2.07. The van der Waals surface area contributed by atoms with Gasteiger partial charge in [-0.2, -0.15) is 5.10 Å². The smallest absolute Gasteiger partial charge is 0.254 e. The first-order chi connectivity index (χ1) is 8.66. The Morgan fingerprint density at radius 3 is 2.78 bits per heavy atom. The predicted molar refractivity (Wildman–Crippen MR) is 68.2 cm³/mol. The van der Waals surface area contributed by atoms with E-state index in [-0.39, 0.29) is 5.91 Å². The predicted octanol–water partition coefficient (Wildman–Crippen LogP) is 1.12. The van der Waals surface area contributed by atoms with E-state index >= 15 is 0 Å². The minimum Gasteiger partial charge on any atom is -0.364 e. The minimum atomic E-state index is -0.0531. The molecule has 6 heteroatoms. The van der Waals surface area contributed by atoms with Crippen LogP contribution in [0.15, 0.2) is 30.6 Å². The number of aromatic nitrogens is 3. The average molecular weight is 245 g/mol. The fourth-order valence-corrected chi connectivity index (χ4v) is 1.45. The van der Waals surface area contributed by atoms with Gasteiger partial charge < -0.3 is 10.2 Å². The summed E-state index contributed by atoms with van der Waals surface area (Å²) in [5.74, 6) is 0.669. The molecule has 1 amide bonds. The van der Waals surface area contributed by atoms with E-state index in [0.717, 1.165) is 11.5 Å². The van der Waals surface area contributed by atoms with Gasteiger partial charge in [-0.05, 0) is 18.2 Å². The number of hydrogen-bond acceptors (Lipinski definition) is 4. The zero-order chi connectivity index (χ0) is 13.0. The van der Waals surface area contributed by atoms with E-state index in [0.29, 0.717) is 12.1 Å². The van der Waals surface area contributed by atoms with Crippen molar-refractivity contribution in [1.82, 2.24) is 20.1 Å². The summed E-state index contributed by atoms with van der Waals surface area (Å²) in [5, 5.41) is 9.84. The lowest BCUT2D eigenvalue weighted by molar-refractivity contribution is 0.0827. The Bertz CT molecular complexity index is 504. The number of H-pyrrole nitrogens is 1. The quantitative estimate of drug-likeness (QED) is 0.846. The van der Waals surface area contributed by atoms with Gasteiger partial charge in [-0.1, -0.05) is 0 Å². The summed E-state index contributed by atoms with van der Waals surface area (Å²) in [4.78, 5) is 17.4. The number of anilines is 1. The molecule has 0 unspecified atom stereocenters. The largest absolute Gasteiger partial charge is 0.364 e. The van der Waals surface area contributed by atoms with E-state index in [1.807, 2.05) is 6.07 Å². The Labute approximate surface area is 105 Å². The summed E-state index contributed by atoms with van der Waals surface area (Å²) in [7, 11) is 3.43. The van der Waals surface area contributed by atoms with Crippen molar-refractivity contribution in [3.63, 3.8) is 0 Å². The second kappa shape index (κ2) is 5.31. The van der Waals surface area contributed by atoms with Gasteiger partial charge in [-0.15, -0.1) is 0 Å². The van der Waals surface area contributed by atoms with Gasteiger partial charge in [0.2, 0.25) is 0 Å². The molecule has 0 aliphatic rings. The van der Waals surface area contributed by atoms with Gasteiger partial charge in [0.25, 0.3) is 5.91 Å². The molecular weight excluding hydrogens is 230 g/mol. The Hall–Kier alpha value is -2.37. The number of rotatable bonds is 4. The van der Waals surface area contributed by atoms with Crippen LogP contribution in [-0.4, -0.2) is 40.1 Å². The van der Waals surface area contributed by atoms with E-state index in [2.05, 4.69) is 20.5 Å². The van der Waals surface area contributed by atoms with E-state index in [1.165, 1.54) is 4.90 Å². The highest BCUT2D eigenvalue weighted by molar-refractivity contribution is 5.93. The lowest BCUT2D eigenvalue weighted by atomic mass is 10.2. The van der Waals surface area contributed by atoms with Gasteiger partial charge in [0, 0.05) is 26.5 Å². The number of amides is 1. The first-order valence-corrected chi connectivity index (χ1v) is 5.56. The molecular formula is C12H15N5O. The number of aromatic amines is 1. The molecule has 2 N–H and O–H groups in total. The van der Waals surface area contributed by atoms with Crippen molar-refractivity contribution >= 4 is 11.7 Å². The van der Waals surface area contributed by atoms with E-state index in [9.17, 15) is 4.79 Å². The number of carbonyl (C=O) groups is 1. The van der Waals surface area contributed by atoms with Crippen LogP contribution in [0.5, 0.6) is 0 Å². The maximum absolute atomic E-state index is 11.7. The Morgan fingerprint density at radius 1 is 1.39 bits per heavy atom. The Kier molecular flexibility index (Phi) is 3.57. The van der Waals surface area contributed by atoms with Crippen molar-refractivity contribution in [1.29, 1.82) is 0 Å². The van der Waals surface area contributed by atoms with Crippen LogP contribution in [0.1, 0.15) is 16.1 Å². The first kappa shape index (κ1) is 12.1. The van der Waals surface area contributed by atoms with Crippen molar-refractivity contribution in [3.8, 4) is 0 Å². The summed E-state index contributed by atoms with van der Waals surface area (Å²) >= 11 is 0. The molecule has 0 bridgehead atoms. The molecule has 0 saturated carbocycles. The van der Waals surface area contributed by atoms with Gasteiger partial charge >= 0.3 is 0 Å². The van der Waals surface area contributed by atoms with E-state index < -0.39 is 0 Å². The molecule has 0 saturated heterocycles. The van der Waals surface area contributed by atoms with Crippen LogP contribution in [0.3, 0.4) is 0 Å². The molecule has 2 rings (SSSR count).